The van der Waals surface area contributed by atoms with Crippen LogP contribution in [0.3, 0.4) is 0 Å². The predicted molar refractivity (Wildman–Crippen MR) is 53.0 cm³/mol. The van der Waals surface area contributed by atoms with Crippen molar-refractivity contribution in [2.24, 2.45) is 11.3 Å². The van der Waals surface area contributed by atoms with Crippen LogP contribution in [0.1, 0.15) is 32.6 Å². The van der Waals surface area contributed by atoms with Gasteiger partial charge in [0.1, 0.15) is 11.9 Å². The van der Waals surface area contributed by atoms with Crippen LogP contribution >= 0.6 is 0 Å². The second kappa shape index (κ2) is 2.71. The molecule has 15 heavy (non-hydrogen) atoms. The van der Waals surface area contributed by atoms with Crippen LogP contribution in [-0.4, -0.2) is 17.9 Å². The minimum atomic E-state index is -0.265. The highest BCUT2D eigenvalue weighted by atomic mass is 16.5. The van der Waals surface area contributed by atoms with Crippen molar-refractivity contribution < 1.29 is 14.3 Å². The van der Waals surface area contributed by atoms with Crippen LogP contribution in [0.15, 0.2) is 11.6 Å². The molecule has 3 aliphatic rings. The van der Waals surface area contributed by atoms with Crippen LogP contribution in [0.2, 0.25) is 0 Å². The number of carbonyl (C=O) groups is 2. The van der Waals surface area contributed by atoms with Crippen molar-refractivity contribution in [3.8, 4) is 0 Å². The molecule has 3 atom stereocenters. The van der Waals surface area contributed by atoms with E-state index in [0.717, 1.165) is 24.8 Å². The number of hydrogen-bond acceptors (Lipinski definition) is 3. The highest BCUT2D eigenvalue weighted by molar-refractivity contribution is 5.93. The summed E-state index contributed by atoms with van der Waals surface area (Å²) in [5, 5.41) is 0. The topological polar surface area (TPSA) is 43.4 Å². The number of ketones is 1. The third-order valence-corrected chi connectivity index (χ3v) is 4.19. The van der Waals surface area contributed by atoms with Gasteiger partial charge >= 0.3 is 5.97 Å². The number of ether oxygens (including phenoxy) is 1. The number of esters is 1. The number of rotatable bonds is 0. The first-order chi connectivity index (χ1) is 7.10. The summed E-state index contributed by atoms with van der Waals surface area (Å²) in [4.78, 5) is 23.1. The van der Waals surface area contributed by atoms with Crippen LogP contribution in [-0.2, 0) is 14.3 Å². The maximum absolute atomic E-state index is 11.9. The lowest BCUT2D eigenvalue weighted by molar-refractivity contribution is -0.140. The lowest BCUT2D eigenvalue weighted by atomic mass is 9.66. The zero-order valence-electron chi connectivity index (χ0n) is 8.79. The summed E-state index contributed by atoms with van der Waals surface area (Å²) in [6.07, 6.45) is 4.97. The SMILES string of the molecule is C[C@@]12CCC(=O)[C@@H]1C1=CC(=O)O[C@@H]1CC2. The molecule has 0 spiro atoms. The molecule has 2 aliphatic carbocycles. The third-order valence-electron chi connectivity index (χ3n) is 4.19. The molecule has 1 heterocycles. The Morgan fingerprint density at radius 3 is 3.00 bits per heavy atom. The maximum atomic E-state index is 11.9. The molecule has 0 N–H and O–H groups in total. The van der Waals surface area contributed by atoms with E-state index >= 15 is 0 Å². The van der Waals surface area contributed by atoms with Crippen LogP contribution in [0.25, 0.3) is 0 Å². The molecular weight excluding hydrogens is 192 g/mol. The molecule has 1 aliphatic heterocycles. The van der Waals surface area contributed by atoms with E-state index in [1.54, 1.807) is 6.08 Å². The van der Waals surface area contributed by atoms with Gasteiger partial charge in [0.05, 0.1) is 0 Å². The van der Waals surface area contributed by atoms with Gasteiger partial charge < -0.3 is 4.74 Å². The second-order valence-electron chi connectivity index (χ2n) is 5.16. The summed E-state index contributed by atoms with van der Waals surface area (Å²) in [6, 6.07) is 0. The van der Waals surface area contributed by atoms with Crippen LogP contribution < -0.4 is 0 Å². The van der Waals surface area contributed by atoms with E-state index in [2.05, 4.69) is 6.92 Å². The molecule has 0 unspecified atom stereocenters. The van der Waals surface area contributed by atoms with Crippen LogP contribution in [0.4, 0.5) is 0 Å². The van der Waals surface area contributed by atoms with Gasteiger partial charge in [-0.2, -0.15) is 0 Å². The quantitative estimate of drug-likeness (QED) is 0.566. The average Bonchev–Trinajstić information content (AvgIpc) is 2.67. The fourth-order valence-electron chi connectivity index (χ4n) is 3.37. The Morgan fingerprint density at radius 1 is 1.40 bits per heavy atom. The fourth-order valence-corrected chi connectivity index (χ4v) is 3.37. The molecule has 0 aromatic heterocycles. The second-order valence-corrected chi connectivity index (χ2v) is 5.16. The van der Waals surface area contributed by atoms with E-state index in [9.17, 15) is 9.59 Å². The first-order valence-electron chi connectivity index (χ1n) is 5.55. The first kappa shape index (κ1) is 9.13. The van der Waals surface area contributed by atoms with Crippen molar-refractivity contribution >= 4 is 11.8 Å². The molecule has 0 saturated heterocycles. The lowest BCUT2D eigenvalue weighted by Crippen LogP contribution is -2.36. The maximum Gasteiger partial charge on any atom is 0.331 e. The van der Waals surface area contributed by atoms with Gasteiger partial charge in [-0.05, 0) is 30.3 Å². The summed E-state index contributed by atoms with van der Waals surface area (Å²) < 4.78 is 5.18. The normalized spacial score (nSPS) is 43.4. The van der Waals surface area contributed by atoms with E-state index < -0.39 is 0 Å². The Labute approximate surface area is 88.5 Å². The Morgan fingerprint density at radius 2 is 2.20 bits per heavy atom. The highest BCUT2D eigenvalue weighted by Gasteiger charge is 2.53. The molecule has 0 aromatic carbocycles. The molecule has 0 bridgehead atoms. The summed E-state index contributed by atoms with van der Waals surface area (Å²) in [5.41, 5.74) is 1.05. The van der Waals surface area contributed by atoms with Gasteiger partial charge in [-0.15, -0.1) is 0 Å². The zero-order valence-corrected chi connectivity index (χ0v) is 8.79. The summed E-state index contributed by atoms with van der Waals surface area (Å²) >= 11 is 0. The van der Waals surface area contributed by atoms with Crippen molar-refractivity contribution in [1.29, 1.82) is 0 Å². The Kier molecular flexibility index (Phi) is 1.65. The molecule has 2 saturated carbocycles. The molecule has 0 radical (unpaired) electrons. The number of hydrogen-bond donors (Lipinski definition) is 0. The molecular formula is C12H14O3. The van der Waals surface area contributed by atoms with Crippen molar-refractivity contribution in [3.05, 3.63) is 11.6 Å². The minimum Gasteiger partial charge on any atom is -0.455 e. The average molecular weight is 206 g/mol. The summed E-state index contributed by atoms with van der Waals surface area (Å²) in [5.74, 6) is -0.00611. The molecule has 0 aromatic rings. The van der Waals surface area contributed by atoms with Crippen molar-refractivity contribution in [3.63, 3.8) is 0 Å². The van der Waals surface area contributed by atoms with E-state index in [1.807, 2.05) is 0 Å². The van der Waals surface area contributed by atoms with E-state index in [4.69, 9.17) is 4.74 Å². The lowest BCUT2D eigenvalue weighted by Gasteiger charge is -2.38. The first-order valence-corrected chi connectivity index (χ1v) is 5.55. The van der Waals surface area contributed by atoms with Gasteiger partial charge in [-0.25, -0.2) is 4.79 Å². The smallest absolute Gasteiger partial charge is 0.331 e. The Bertz CT molecular complexity index is 382. The van der Waals surface area contributed by atoms with Crippen LogP contribution in [0.5, 0.6) is 0 Å². The standard InChI is InChI=1S/C12H14O3/c1-12-4-2-8(13)11(12)7-6-10(14)15-9(7)3-5-12/h6,9,11H,2-5H2,1H3/t9-,11+,12+/m1/s1. The van der Waals surface area contributed by atoms with Crippen molar-refractivity contribution in [2.75, 3.05) is 0 Å². The largest absolute Gasteiger partial charge is 0.455 e. The van der Waals surface area contributed by atoms with Crippen molar-refractivity contribution in [1.82, 2.24) is 0 Å². The minimum absolute atomic E-state index is 0.0392. The summed E-state index contributed by atoms with van der Waals surface area (Å²) in [7, 11) is 0. The van der Waals surface area contributed by atoms with Crippen molar-refractivity contribution in [2.45, 2.75) is 38.7 Å². The van der Waals surface area contributed by atoms with E-state index in [0.29, 0.717) is 12.2 Å². The molecule has 0 amide bonds. The third kappa shape index (κ3) is 1.12. The van der Waals surface area contributed by atoms with Gasteiger partial charge in [0, 0.05) is 18.4 Å². The number of fused-ring (bicyclic) bond motifs is 3. The molecule has 3 heteroatoms. The van der Waals surface area contributed by atoms with Crippen LogP contribution in [0, 0.1) is 11.3 Å². The number of carbonyl (C=O) groups excluding carboxylic acids is 2. The molecule has 80 valence electrons. The summed E-state index contributed by atoms with van der Waals surface area (Å²) in [6.45, 7) is 2.17. The zero-order chi connectivity index (χ0) is 10.6. The van der Waals surface area contributed by atoms with E-state index in [1.165, 1.54) is 0 Å². The van der Waals surface area contributed by atoms with Gasteiger partial charge in [-0.1, -0.05) is 6.92 Å². The van der Waals surface area contributed by atoms with Gasteiger partial charge in [0.25, 0.3) is 0 Å². The van der Waals surface area contributed by atoms with Gasteiger partial charge in [0.2, 0.25) is 0 Å². The fraction of sp³-hybridized carbons (Fsp3) is 0.667. The Balaban J connectivity index is 2.04. The van der Waals surface area contributed by atoms with Gasteiger partial charge in [-0.3, -0.25) is 4.79 Å². The predicted octanol–water partition coefficient (Wildman–Crippen LogP) is 1.62. The van der Waals surface area contributed by atoms with E-state index in [-0.39, 0.29) is 23.4 Å². The monoisotopic (exact) mass is 206 g/mol. The Hall–Kier alpha value is -1.12. The molecule has 3 rings (SSSR count). The molecule has 3 nitrogen and oxygen atoms in total. The number of Topliss-reactive ketones (excluding diaryl/α,β-unsaturated/α-hetero) is 1. The molecule has 2 fully saturated rings. The van der Waals surface area contributed by atoms with Gasteiger partial charge in [0.15, 0.2) is 0 Å². The highest BCUT2D eigenvalue weighted by Crippen LogP contribution is 2.54.